The molecule has 12 heavy (non-hydrogen) atoms. The van der Waals surface area contributed by atoms with Crippen LogP contribution in [0.1, 0.15) is 26.7 Å². The third-order valence-corrected chi connectivity index (χ3v) is 2.69. The van der Waals surface area contributed by atoms with Crippen molar-refractivity contribution < 1.29 is 4.79 Å². The highest BCUT2D eigenvalue weighted by atomic mass is 32.2. The van der Waals surface area contributed by atoms with Crippen LogP contribution in [0.4, 0.5) is 0 Å². The molecule has 0 aromatic carbocycles. The van der Waals surface area contributed by atoms with Gasteiger partial charge >= 0.3 is 0 Å². The lowest BCUT2D eigenvalue weighted by atomic mass is 10.0. The molecule has 1 N–H and O–H groups in total. The Hall–Kier alpha value is -0.570. The van der Waals surface area contributed by atoms with Crippen molar-refractivity contribution in [3.63, 3.8) is 0 Å². The normalized spacial score (nSPS) is 18.4. The molecule has 2 nitrogen and oxygen atoms in total. The molecule has 0 unspecified atom stereocenters. The molecule has 0 aromatic heterocycles. The van der Waals surface area contributed by atoms with Gasteiger partial charge in [0.05, 0.1) is 5.71 Å². The summed E-state index contributed by atoms with van der Waals surface area (Å²) in [6.07, 6.45) is 3.05. The van der Waals surface area contributed by atoms with Gasteiger partial charge in [0.25, 0.3) is 0 Å². The van der Waals surface area contributed by atoms with E-state index in [0.29, 0.717) is 11.7 Å². The second-order valence-corrected chi connectivity index (χ2v) is 4.82. The monoisotopic (exact) mass is 183 g/mol. The van der Waals surface area contributed by atoms with Gasteiger partial charge in [0.2, 0.25) is 0 Å². The van der Waals surface area contributed by atoms with Crippen LogP contribution in [0.2, 0.25) is 0 Å². The summed E-state index contributed by atoms with van der Waals surface area (Å²) < 4.78 is 0. The van der Waals surface area contributed by atoms with E-state index in [2.05, 4.69) is 13.8 Å². The summed E-state index contributed by atoms with van der Waals surface area (Å²) >= 11 is 1.75. The molecule has 0 bridgehead atoms. The summed E-state index contributed by atoms with van der Waals surface area (Å²) in [5.74, 6) is -0.0249. The van der Waals surface area contributed by atoms with Crippen molar-refractivity contribution in [3.05, 3.63) is 11.0 Å². The maximum absolute atomic E-state index is 10.9. The number of Topliss-reactive ketones (excluding diaryl/α,β-unsaturated/α-hetero) is 1. The SMILES string of the molecule is CC(C)SC1=CC(=N)C(=O)CC1. The van der Waals surface area contributed by atoms with E-state index < -0.39 is 0 Å². The first kappa shape index (κ1) is 9.52. The highest BCUT2D eigenvalue weighted by Gasteiger charge is 2.16. The molecule has 1 aliphatic carbocycles. The van der Waals surface area contributed by atoms with Gasteiger partial charge in [0.1, 0.15) is 0 Å². The Balaban J connectivity index is 2.62. The van der Waals surface area contributed by atoms with E-state index in [1.807, 2.05) is 0 Å². The van der Waals surface area contributed by atoms with E-state index in [0.717, 1.165) is 6.42 Å². The van der Waals surface area contributed by atoms with Crippen molar-refractivity contribution in [2.75, 3.05) is 0 Å². The quantitative estimate of drug-likeness (QED) is 0.714. The largest absolute Gasteiger partial charge is 0.297 e. The average Bonchev–Trinajstić information content (AvgIpc) is 1.96. The van der Waals surface area contributed by atoms with Gasteiger partial charge in [0, 0.05) is 11.7 Å². The summed E-state index contributed by atoms with van der Waals surface area (Å²) in [5.41, 5.74) is 0.171. The molecule has 0 heterocycles. The Kier molecular flexibility index (Phi) is 3.09. The summed E-state index contributed by atoms with van der Waals surface area (Å²) in [6, 6.07) is 0. The van der Waals surface area contributed by atoms with Crippen molar-refractivity contribution in [1.29, 1.82) is 5.41 Å². The molecule has 0 spiro atoms. The van der Waals surface area contributed by atoms with Gasteiger partial charge in [-0.1, -0.05) is 13.8 Å². The number of nitrogens with one attached hydrogen (secondary N) is 1. The maximum Gasteiger partial charge on any atom is 0.180 e. The van der Waals surface area contributed by atoms with Crippen LogP contribution in [-0.2, 0) is 4.79 Å². The van der Waals surface area contributed by atoms with E-state index >= 15 is 0 Å². The Morgan fingerprint density at radius 3 is 2.67 bits per heavy atom. The number of carbonyl (C=O) groups is 1. The van der Waals surface area contributed by atoms with Gasteiger partial charge in [-0.15, -0.1) is 11.8 Å². The Labute approximate surface area is 76.9 Å². The first-order chi connectivity index (χ1) is 5.59. The predicted molar refractivity (Wildman–Crippen MR) is 52.8 cm³/mol. The van der Waals surface area contributed by atoms with Crippen molar-refractivity contribution >= 4 is 23.3 Å². The van der Waals surface area contributed by atoms with Crippen LogP contribution in [0.3, 0.4) is 0 Å². The summed E-state index contributed by atoms with van der Waals surface area (Å²) in [4.78, 5) is 12.1. The molecule has 1 aliphatic rings. The fourth-order valence-corrected chi connectivity index (χ4v) is 2.09. The zero-order valence-electron chi connectivity index (χ0n) is 7.39. The molecule has 66 valence electrons. The fourth-order valence-electron chi connectivity index (χ4n) is 1.08. The van der Waals surface area contributed by atoms with Crippen LogP contribution in [0.25, 0.3) is 0 Å². The van der Waals surface area contributed by atoms with Crippen molar-refractivity contribution in [3.8, 4) is 0 Å². The fraction of sp³-hybridized carbons (Fsp3) is 0.556. The summed E-state index contributed by atoms with van der Waals surface area (Å²) in [5, 5.41) is 7.87. The van der Waals surface area contributed by atoms with E-state index in [4.69, 9.17) is 5.41 Å². The molecule has 0 saturated heterocycles. The molecule has 3 heteroatoms. The van der Waals surface area contributed by atoms with Crippen molar-refractivity contribution in [2.24, 2.45) is 0 Å². The Morgan fingerprint density at radius 1 is 1.50 bits per heavy atom. The second-order valence-electron chi connectivity index (χ2n) is 3.11. The number of allylic oxidation sites excluding steroid dienone is 2. The lowest BCUT2D eigenvalue weighted by Gasteiger charge is -2.13. The molecule has 0 aromatic rings. The van der Waals surface area contributed by atoms with Crippen LogP contribution in [-0.4, -0.2) is 16.7 Å². The Morgan fingerprint density at radius 2 is 2.17 bits per heavy atom. The molecular weight excluding hydrogens is 170 g/mol. The third-order valence-electron chi connectivity index (χ3n) is 1.59. The molecule has 1 rings (SSSR count). The minimum Gasteiger partial charge on any atom is -0.297 e. The average molecular weight is 183 g/mol. The van der Waals surface area contributed by atoms with E-state index in [1.54, 1.807) is 17.8 Å². The predicted octanol–water partition coefficient (Wildman–Crippen LogP) is 2.39. The second kappa shape index (κ2) is 3.90. The number of hydrogen-bond donors (Lipinski definition) is 1. The topological polar surface area (TPSA) is 40.9 Å². The number of rotatable bonds is 2. The molecule has 0 radical (unpaired) electrons. The lowest BCUT2D eigenvalue weighted by molar-refractivity contribution is -0.113. The van der Waals surface area contributed by atoms with Gasteiger partial charge in [0.15, 0.2) is 5.78 Å². The van der Waals surface area contributed by atoms with Gasteiger partial charge in [-0.2, -0.15) is 0 Å². The van der Waals surface area contributed by atoms with Crippen molar-refractivity contribution in [1.82, 2.24) is 0 Å². The van der Waals surface area contributed by atoms with E-state index in [1.165, 1.54) is 4.91 Å². The standard InChI is InChI=1S/C9H13NOS/c1-6(2)12-7-3-4-9(11)8(10)5-7/h5-6,10H,3-4H2,1-2H3. The molecular formula is C9H13NOS. The number of ketones is 1. The van der Waals surface area contributed by atoms with Crippen LogP contribution in [0.5, 0.6) is 0 Å². The molecule has 0 aliphatic heterocycles. The Bertz CT molecular complexity index is 243. The minimum atomic E-state index is -0.0249. The molecule has 0 fully saturated rings. The highest BCUT2D eigenvalue weighted by molar-refractivity contribution is 8.03. The van der Waals surface area contributed by atoms with Crippen LogP contribution in [0, 0.1) is 5.41 Å². The number of thioether (sulfide) groups is 1. The summed E-state index contributed by atoms with van der Waals surface area (Å²) in [6.45, 7) is 4.23. The molecule has 0 amide bonds. The highest BCUT2D eigenvalue weighted by Crippen LogP contribution is 2.28. The first-order valence-electron chi connectivity index (χ1n) is 4.08. The van der Waals surface area contributed by atoms with Gasteiger partial charge in [-0.05, 0) is 17.4 Å². The smallest absolute Gasteiger partial charge is 0.180 e. The lowest BCUT2D eigenvalue weighted by Crippen LogP contribution is -2.15. The third kappa shape index (κ3) is 2.48. The van der Waals surface area contributed by atoms with Gasteiger partial charge in [-0.25, -0.2) is 0 Å². The van der Waals surface area contributed by atoms with Crippen LogP contribution in [0.15, 0.2) is 11.0 Å². The minimum absolute atomic E-state index is 0.0249. The zero-order valence-corrected chi connectivity index (χ0v) is 8.20. The zero-order chi connectivity index (χ0) is 9.14. The maximum atomic E-state index is 10.9. The van der Waals surface area contributed by atoms with E-state index in [-0.39, 0.29) is 11.5 Å². The van der Waals surface area contributed by atoms with Gasteiger partial charge < -0.3 is 0 Å². The van der Waals surface area contributed by atoms with Crippen LogP contribution < -0.4 is 0 Å². The summed E-state index contributed by atoms with van der Waals surface area (Å²) in [7, 11) is 0. The number of carbonyl (C=O) groups excluding carboxylic acids is 1. The van der Waals surface area contributed by atoms with E-state index in [9.17, 15) is 4.79 Å². The van der Waals surface area contributed by atoms with Crippen molar-refractivity contribution in [2.45, 2.75) is 31.9 Å². The first-order valence-corrected chi connectivity index (χ1v) is 4.96. The number of hydrogen-bond acceptors (Lipinski definition) is 3. The van der Waals surface area contributed by atoms with Gasteiger partial charge in [-0.3, -0.25) is 10.2 Å². The molecule has 0 saturated carbocycles. The molecule has 0 atom stereocenters. The van der Waals surface area contributed by atoms with Crippen LogP contribution >= 0.6 is 11.8 Å².